The molecule has 3 nitrogen and oxygen atoms in total. The van der Waals surface area contributed by atoms with Crippen molar-refractivity contribution in [2.24, 2.45) is 5.84 Å². The molecule has 0 fully saturated rings. The Kier molecular flexibility index (Phi) is 9.46. The Morgan fingerprint density at radius 1 is 1.86 bits per heavy atom. The smallest absolute Gasteiger partial charge is 0.270 e. The molecule has 3 N–H and O–H groups in total. The predicted molar refractivity (Wildman–Crippen MR) is 42.3 cm³/mol. The van der Waals surface area contributed by atoms with Gasteiger partial charge in [-0.05, 0) is 12.2 Å². The van der Waals surface area contributed by atoms with E-state index in [4.69, 9.17) is 5.84 Å². The van der Waals surface area contributed by atoms with Gasteiger partial charge in [0.25, 0.3) is 5.17 Å². The maximum atomic E-state index is 4.77. The molecule has 0 amide bonds. The Morgan fingerprint density at radius 2 is 2.29 bits per heavy atom. The number of hydrogen-bond acceptors (Lipinski definition) is 3. The largest absolute Gasteiger partial charge is 0.473 e. The fraction of sp³-hybridized carbons (Fsp3) is 0.500. The highest BCUT2D eigenvalue weighted by Crippen LogP contribution is 1.62. The number of hydrazine groups is 1. The molecule has 0 rings (SSSR count). The summed E-state index contributed by atoms with van der Waals surface area (Å²) < 4.78 is 4.39. The first kappa shape index (κ1) is 10.4. The molecule has 0 bridgehead atoms. The van der Waals surface area contributed by atoms with Crippen molar-refractivity contribution >= 4 is 41.4 Å². The van der Waals surface area contributed by atoms with Crippen molar-refractivity contribution in [3.05, 3.63) is 0 Å². The molecule has 0 aromatic rings. The van der Waals surface area contributed by atoms with Crippen LogP contribution < -0.4 is 11.3 Å². The fourth-order valence-electron chi connectivity index (χ4n) is 0.0589. The molecule has 0 saturated heterocycles. The van der Waals surface area contributed by atoms with Gasteiger partial charge in [0.15, 0.2) is 0 Å². The van der Waals surface area contributed by atoms with E-state index in [1.807, 2.05) is 0 Å². The van der Waals surface area contributed by atoms with E-state index < -0.39 is 0 Å². The van der Waals surface area contributed by atoms with E-state index in [1.54, 1.807) is 0 Å². The molecule has 0 saturated carbocycles. The summed E-state index contributed by atoms with van der Waals surface area (Å²) in [6.45, 7) is 0. The van der Waals surface area contributed by atoms with Gasteiger partial charge in [-0.3, -0.25) is 5.43 Å². The Bertz CT molecular complexity index is 53.7. The number of methoxy groups -OCH3 is 1. The molecule has 0 radical (unpaired) electrons. The lowest BCUT2D eigenvalue weighted by molar-refractivity contribution is 0.394. The minimum absolute atomic E-state index is 0. The molecule has 5 heteroatoms. The number of hydrogen-bond donors (Lipinski definition) is 2. The van der Waals surface area contributed by atoms with Crippen LogP contribution in [0.2, 0.25) is 0 Å². The average molecular weight is 234 g/mol. The van der Waals surface area contributed by atoms with Gasteiger partial charge in [-0.15, -0.1) is 24.0 Å². The van der Waals surface area contributed by atoms with Gasteiger partial charge in [0.1, 0.15) is 0 Å². The van der Waals surface area contributed by atoms with Gasteiger partial charge < -0.3 is 4.74 Å². The van der Waals surface area contributed by atoms with Crippen LogP contribution in [0.5, 0.6) is 0 Å². The van der Waals surface area contributed by atoms with E-state index in [0.29, 0.717) is 0 Å². The molecule has 0 spiro atoms. The summed E-state index contributed by atoms with van der Waals surface area (Å²) in [5.74, 6) is 4.77. The number of halogens is 1. The number of ether oxygens (including phenoxy) is 1. The zero-order chi connectivity index (χ0) is 4.99. The molecule has 0 aromatic heterocycles. The summed E-state index contributed by atoms with van der Waals surface area (Å²) in [6.07, 6.45) is 0. The summed E-state index contributed by atoms with van der Waals surface area (Å²) in [7, 11) is 1.45. The van der Waals surface area contributed by atoms with E-state index in [1.165, 1.54) is 7.11 Å². The molecule has 0 heterocycles. The Hall–Kier alpha value is 0.380. The van der Waals surface area contributed by atoms with Crippen molar-refractivity contribution in [2.45, 2.75) is 0 Å². The molecule has 0 atom stereocenters. The number of nitrogens with one attached hydrogen (secondary N) is 1. The second kappa shape index (κ2) is 6.38. The lowest BCUT2D eigenvalue weighted by Crippen LogP contribution is -2.29. The lowest BCUT2D eigenvalue weighted by Gasteiger charge is -1.94. The van der Waals surface area contributed by atoms with Crippen molar-refractivity contribution < 1.29 is 4.74 Å². The third-order valence-corrected chi connectivity index (χ3v) is 0.588. The number of nitrogens with two attached hydrogens (primary N) is 1. The fourth-order valence-corrected chi connectivity index (χ4v) is 0.0589. The molecule has 0 aliphatic rings. The van der Waals surface area contributed by atoms with Crippen molar-refractivity contribution in [2.75, 3.05) is 7.11 Å². The van der Waals surface area contributed by atoms with E-state index in [9.17, 15) is 0 Å². The van der Waals surface area contributed by atoms with Gasteiger partial charge in [-0.2, -0.15) is 0 Å². The SMILES string of the molecule is COC(=S)NN.I. The van der Waals surface area contributed by atoms with Crippen LogP contribution in [-0.2, 0) is 4.74 Å². The van der Waals surface area contributed by atoms with Crippen molar-refractivity contribution in [3.8, 4) is 0 Å². The van der Waals surface area contributed by atoms with Crippen LogP contribution in [0, 0.1) is 0 Å². The summed E-state index contributed by atoms with van der Waals surface area (Å²) in [5.41, 5.74) is 2.12. The Balaban J connectivity index is 0. The van der Waals surface area contributed by atoms with Crippen molar-refractivity contribution in [1.29, 1.82) is 0 Å². The van der Waals surface area contributed by atoms with Gasteiger partial charge in [0.05, 0.1) is 7.11 Å². The second-order valence-corrected chi connectivity index (χ2v) is 1.01. The zero-order valence-electron chi connectivity index (χ0n) is 3.80. The van der Waals surface area contributed by atoms with Crippen LogP contribution in [0.3, 0.4) is 0 Å². The molecule has 44 valence electrons. The standard InChI is InChI=1S/C2H6N2OS.HI/c1-5-2(6)4-3;/h3H2,1H3,(H,4,6);1H. The predicted octanol–water partition coefficient (Wildman–Crippen LogP) is -0.001000. The maximum absolute atomic E-state index is 4.77. The highest BCUT2D eigenvalue weighted by atomic mass is 127. The van der Waals surface area contributed by atoms with Crippen molar-refractivity contribution in [3.63, 3.8) is 0 Å². The molecule has 7 heavy (non-hydrogen) atoms. The van der Waals surface area contributed by atoms with Crippen LogP contribution >= 0.6 is 36.2 Å². The quantitative estimate of drug-likeness (QED) is 0.268. The average Bonchev–Trinajstić information content (AvgIpc) is 1.65. The van der Waals surface area contributed by atoms with Crippen LogP contribution in [0.4, 0.5) is 0 Å². The second-order valence-electron chi connectivity index (χ2n) is 0.636. The third kappa shape index (κ3) is 6.38. The van der Waals surface area contributed by atoms with E-state index in [2.05, 4.69) is 22.4 Å². The van der Waals surface area contributed by atoms with Crippen LogP contribution in [0.25, 0.3) is 0 Å². The normalized spacial score (nSPS) is 6.00. The highest BCUT2D eigenvalue weighted by Gasteiger charge is 1.78. The van der Waals surface area contributed by atoms with E-state index >= 15 is 0 Å². The van der Waals surface area contributed by atoms with Crippen LogP contribution in [-0.4, -0.2) is 12.3 Å². The van der Waals surface area contributed by atoms with Gasteiger partial charge in [-0.1, -0.05) is 0 Å². The summed E-state index contributed by atoms with van der Waals surface area (Å²) in [4.78, 5) is 0. The first-order valence-electron chi connectivity index (χ1n) is 1.36. The molecule has 0 aliphatic carbocycles. The first-order valence-corrected chi connectivity index (χ1v) is 1.76. The molecular weight excluding hydrogens is 227 g/mol. The van der Waals surface area contributed by atoms with E-state index in [-0.39, 0.29) is 29.2 Å². The molecule has 0 aliphatic heterocycles. The summed E-state index contributed by atoms with van der Waals surface area (Å²) in [5, 5.41) is 0.204. The molecular formula is C2H7IN2OS. The van der Waals surface area contributed by atoms with Gasteiger partial charge in [0.2, 0.25) is 0 Å². The zero-order valence-corrected chi connectivity index (χ0v) is 6.95. The Labute approximate surface area is 64.6 Å². The first-order chi connectivity index (χ1) is 2.81. The topological polar surface area (TPSA) is 47.3 Å². The lowest BCUT2D eigenvalue weighted by atomic mass is 11.3. The van der Waals surface area contributed by atoms with E-state index in [0.717, 1.165) is 0 Å². The van der Waals surface area contributed by atoms with Crippen LogP contribution in [0.15, 0.2) is 0 Å². The molecule has 0 aromatic carbocycles. The third-order valence-electron chi connectivity index (χ3n) is 0.303. The summed E-state index contributed by atoms with van der Waals surface area (Å²) in [6, 6.07) is 0. The van der Waals surface area contributed by atoms with Crippen LogP contribution in [0.1, 0.15) is 0 Å². The summed E-state index contributed by atoms with van der Waals surface area (Å²) >= 11 is 4.40. The highest BCUT2D eigenvalue weighted by molar-refractivity contribution is 14.0. The van der Waals surface area contributed by atoms with Gasteiger partial charge in [-0.25, -0.2) is 5.84 Å². The maximum Gasteiger partial charge on any atom is 0.270 e. The monoisotopic (exact) mass is 234 g/mol. The number of thiocarbonyl (C=S) groups is 1. The van der Waals surface area contributed by atoms with Crippen molar-refractivity contribution in [1.82, 2.24) is 5.43 Å². The van der Waals surface area contributed by atoms with Gasteiger partial charge >= 0.3 is 0 Å². The minimum Gasteiger partial charge on any atom is -0.473 e. The minimum atomic E-state index is 0. The van der Waals surface area contributed by atoms with Gasteiger partial charge in [0, 0.05) is 0 Å². The Morgan fingerprint density at radius 3 is 2.29 bits per heavy atom. The number of rotatable bonds is 0. The molecule has 0 unspecified atom stereocenters.